The highest BCUT2D eigenvalue weighted by atomic mass is 16.1. The Kier molecular flexibility index (Phi) is 3.35. The van der Waals surface area contributed by atoms with Crippen molar-refractivity contribution in [3.05, 3.63) is 30.1 Å². The van der Waals surface area contributed by atoms with Crippen LogP contribution in [0, 0.1) is 5.41 Å². The summed E-state index contributed by atoms with van der Waals surface area (Å²) in [5.41, 5.74) is 1.24. The molecule has 0 aliphatic carbocycles. The number of hydrogen-bond acceptors (Lipinski definition) is 2. The summed E-state index contributed by atoms with van der Waals surface area (Å²) >= 11 is 0. The molecule has 0 aromatic carbocycles. The lowest BCUT2D eigenvalue weighted by molar-refractivity contribution is -0.124. The molecule has 0 N–H and O–H groups in total. The first-order valence-corrected chi connectivity index (χ1v) is 4.91. The van der Waals surface area contributed by atoms with E-state index >= 15 is 0 Å². The zero-order valence-corrected chi connectivity index (χ0v) is 9.61. The standard InChI is InChI=1S/C12H16N2O/c1-9(10-5-7-13-8-6-10)14-11(15)12(2,3)4/h5-8H,1-4H3. The Morgan fingerprint density at radius 1 is 1.27 bits per heavy atom. The van der Waals surface area contributed by atoms with Crippen LogP contribution in [0.2, 0.25) is 0 Å². The molecule has 0 bridgehead atoms. The lowest BCUT2D eigenvalue weighted by atomic mass is 9.96. The van der Waals surface area contributed by atoms with E-state index in [4.69, 9.17) is 0 Å². The molecule has 0 saturated carbocycles. The van der Waals surface area contributed by atoms with E-state index in [1.165, 1.54) is 0 Å². The smallest absolute Gasteiger partial charge is 0.251 e. The van der Waals surface area contributed by atoms with Crippen molar-refractivity contribution in [1.29, 1.82) is 0 Å². The molecule has 1 aromatic heterocycles. The summed E-state index contributed by atoms with van der Waals surface area (Å²) < 4.78 is 0. The van der Waals surface area contributed by atoms with Crippen molar-refractivity contribution >= 4 is 11.6 Å². The van der Waals surface area contributed by atoms with E-state index in [0.29, 0.717) is 0 Å². The van der Waals surface area contributed by atoms with Gasteiger partial charge in [-0.1, -0.05) is 20.8 Å². The van der Waals surface area contributed by atoms with Crippen LogP contribution >= 0.6 is 0 Å². The summed E-state index contributed by atoms with van der Waals surface area (Å²) in [4.78, 5) is 19.6. The molecular weight excluding hydrogens is 188 g/mol. The molecule has 0 unspecified atom stereocenters. The molecule has 3 nitrogen and oxygen atoms in total. The van der Waals surface area contributed by atoms with Crippen molar-refractivity contribution < 1.29 is 4.79 Å². The van der Waals surface area contributed by atoms with E-state index in [9.17, 15) is 4.79 Å². The molecular formula is C12H16N2O. The number of carbonyl (C=O) groups excluding carboxylic acids is 1. The fourth-order valence-corrected chi connectivity index (χ4v) is 0.978. The molecule has 0 radical (unpaired) electrons. The van der Waals surface area contributed by atoms with Gasteiger partial charge >= 0.3 is 0 Å². The second-order valence-corrected chi connectivity index (χ2v) is 4.49. The van der Waals surface area contributed by atoms with Gasteiger partial charge in [-0.3, -0.25) is 9.78 Å². The van der Waals surface area contributed by atoms with E-state index in [1.807, 2.05) is 39.8 Å². The fraction of sp³-hybridized carbons (Fsp3) is 0.417. The molecule has 0 atom stereocenters. The number of rotatable bonds is 1. The highest BCUT2D eigenvalue weighted by Gasteiger charge is 2.20. The van der Waals surface area contributed by atoms with Gasteiger partial charge in [0.15, 0.2) is 0 Å². The molecule has 1 amide bonds. The number of aliphatic imine (C=N–C) groups is 1. The van der Waals surface area contributed by atoms with Gasteiger partial charge in [0.25, 0.3) is 5.91 Å². The first-order valence-electron chi connectivity index (χ1n) is 4.91. The predicted octanol–water partition coefficient (Wildman–Crippen LogP) is 2.46. The minimum absolute atomic E-state index is 0.100. The van der Waals surface area contributed by atoms with Crippen molar-refractivity contribution in [3.63, 3.8) is 0 Å². The average Bonchev–Trinajstić information content (AvgIpc) is 2.17. The van der Waals surface area contributed by atoms with Crippen molar-refractivity contribution in [2.75, 3.05) is 0 Å². The third kappa shape index (κ3) is 3.27. The van der Waals surface area contributed by atoms with Crippen LogP contribution in [-0.4, -0.2) is 16.6 Å². The van der Waals surface area contributed by atoms with Gasteiger partial charge < -0.3 is 0 Å². The predicted molar refractivity (Wildman–Crippen MR) is 60.9 cm³/mol. The monoisotopic (exact) mass is 204 g/mol. The number of carbonyl (C=O) groups is 1. The van der Waals surface area contributed by atoms with Crippen LogP contribution in [0.4, 0.5) is 0 Å². The van der Waals surface area contributed by atoms with Crippen LogP contribution in [0.25, 0.3) is 0 Å². The van der Waals surface area contributed by atoms with E-state index in [2.05, 4.69) is 9.98 Å². The molecule has 3 heteroatoms. The molecule has 0 saturated heterocycles. The second-order valence-electron chi connectivity index (χ2n) is 4.49. The quantitative estimate of drug-likeness (QED) is 0.659. The Labute approximate surface area is 90.3 Å². The van der Waals surface area contributed by atoms with Crippen LogP contribution in [0.15, 0.2) is 29.5 Å². The van der Waals surface area contributed by atoms with Crippen LogP contribution in [0.1, 0.15) is 33.3 Å². The Hall–Kier alpha value is -1.51. The molecule has 15 heavy (non-hydrogen) atoms. The molecule has 0 aliphatic heterocycles. The van der Waals surface area contributed by atoms with Gasteiger partial charge in [0, 0.05) is 23.5 Å². The summed E-state index contributed by atoms with van der Waals surface area (Å²) in [6, 6.07) is 3.68. The van der Waals surface area contributed by atoms with E-state index < -0.39 is 5.41 Å². The van der Waals surface area contributed by atoms with Gasteiger partial charge in [-0.25, -0.2) is 4.99 Å². The van der Waals surface area contributed by atoms with Gasteiger partial charge in [0.1, 0.15) is 0 Å². The third-order valence-electron chi connectivity index (χ3n) is 2.01. The van der Waals surface area contributed by atoms with Crippen LogP contribution in [0.3, 0.4) is 0 Å². The highest BCUT2D eigenvalue weighted by molar-refractivity contribution is 6.05. The van der Waals surface area contributed by atoms with Crippen LogP contribution in [-0.2, 0) is 4.79 Å². The van der Waals surface area contributed by atoms with Crippen LogP contribution in [0.5, 0.6) is 0 Å². The normalized spacial score (nSPS) is 12.7. The topological polar surface area (TPSA) is 42.3 Å². The zero-order valence-electron chi connectivity index (χ0n) is 9.61. The Morgan fingerprint density at radius 3 is 2.27 bits per heavy atom. The first kappa shape index (κ1) is 11.6. The van der Waals surface area contributed by atoms with Crippen molar-refractivity contribution in [1.82, 2.24) is 4.98 Å². The number of hydrogen-bond donors (Lipinski definition) is 0. The van der Waals surface area contributed by atoms with Gasteiger partial charge in [-0.15, -0.1) is 0 Å². The molecule has 80 valence electrons. The summed E-state index contributed by atoms with van der Waals surface area (Å²) in [6.07, 6.45) is 3.38. The third-order valence-corrected chi connectivity index (χ3v) is 2.01. The first-order chi connectivity index (χ1) is 6.91. The van der Waals surface area contributed by atoms with Gasteiger partial charge in [-0.05, 0) is 24.6 Å². The maximum absolute atomic E-state index is 11.6. The Balaban J connectivity index is 2.91. The summed E-state index contributed by atoms with van der Waals surface area (Å²) in [7, 11) is 0. The van der Waals surface area contributed by atoms with Crippen molar-refractivity contribution in [2.45, 2.75) is 27.7 Å². The maximum atomic E-state index is 11.6. The molecule has 1 rings (SSSR count). The molecule has 0 spiro atoms. The SMILES string of the molecule is CC(=NC(=O)C(C)(C)C)c1ccncc1. The molecule has 1 aromatic rings. The number of amides is 1. The Bertz CT molecular complexity index is 374. The number of aromatic nitrogens is 1. The van der Waals surface area contributed by atoms with E-state index in [1.54, 1.807) is 12.4 Å². The summed E-state index contributed by atoms with van der Waals surface area (Å²) in [6.45, 7) is 7.41. The largest absolute Gasteiger partial charge is 0.272 e. The summed E-state index contributed by atoms with van der Waals surface area (Å²) in [5, 5.41) is 0. The number of nitrogens with zero attached hydrogens (tertiary/aromatic N) is 2. The van der Waals surface area contributed by atoms with Gasteiger partial charge in [0.05, 0.1) is 0 Å². The Morgan fingerprint density at radius 2 is 1.80 bits per heavy atom. The van der Waals surface area contributed by atoms with Crippen molar-refractivity contribution in [3.8, 4) is 0 Å². The highest BCUT2D eigenvalue weighted by Crippen LogP contribution is 2.15. The zero-order chi connectivity index (χ0) is 11.5. The van der Waals surface area contributed by atoms with Gasteiger partial charge in [0.2, 0.25) is 0 Å². The lowest BCUT2D eigenvalue weighted by Crippen LogP contribution is -2.19. The maximum Gasteiger partial charge on any atom is 0.251 e. The van der Waals surface area contributed by atoms with E-state index in [0.717, 1.165) is 11.3 Å². The average molecular weight is 204 g/mol. The fourth-order valence-electron chi connectivity index (χ4n) is 0.978. The minimum atomic E-state index is -0.422. The lowest BCUT2D eigenvalue weighted by Gasteiger charge is -2.13. The molecule has 1 heterocycles. The van der Waals surface area contributed by atoms with Gasteiger partial charge in [-0.2, -0.15) is 0 Å². The molecule has 0 aliphatic rings. The van der Waals surface area contributed by atoms with Crippen molar-refractivity contribution in [2.24, 2.45) is 10.4 Å². The summed E-state index contributed by atoms with van der Waals surface area (Å²) in [5.74, 6) is -0.100. The van der Waals surface area contributed by atoms with E-state index in [-0.39, 0.29) is 5.91 Å². The number of pyridine rings is 1. The van der Waals surface area contributed by atoms with Crippen LogP contribution < -0.4 is 0 Å². The molecule has 0 fully saturated rings. The minimum Gasteiger partial charge on any atom is -0.272 e. The second kappa shape index (κ2) is 4.34.